The van der Waals surface area contributed by atoms with Crippen LogP contribution < -0.4 is 0 Å². The van der Waals surface area contributed by atoms with Crippen LogP contribution in [-0.2, 0) is 23.0 Å². The van der Waals surface area contributed by atoms with E-state index in [1.165, 1.54) is 11.1 Å². The number of benzene rings is 1. The normalized spacial score (nSPS) is 10.3. The summed E-state index contributed by atoms with van der Waals surface area (Å²) in [5.74, 6) is 0. The van der Waals surface area contributed by atoms with Gasteiger partial charge in [0.05, 0.1) is 6.26 Å². The summed E-state index contributed by atoms with van der Waals surface area (Å²) in [5, 5.41) is 8.68. The first kappa shape index (κ1) is 15.8. The van der Waals surface area contributed by atoms with Crippen molar-refractivity contribution in [3.05, 3.63) is 48.0 Å². The molecular weight excluding hydrogens is 240 g/mol. The van der Waals surface area contributed by atoms with Gasteiger partial charge in [0.1, 0.15) is 0 Å². The third kappa shape index (κ3) is 11.1. The molecule has 0 atom stereocenters. The van der Waals surface area contributed by atoms with E-state index in [9.17, 15) is 8.42 Å². The SMILES string of the molecule is C=CCc1ccc(CCO)cc1.CS(=O)(=O)O. The average molecular weight is 258 g/mol. The van der Waals surface area contributed by atoms with Gasteiger partial charge in [-0.25, -0.2) is 0 Å². The smallest absolute Gasteiger partial charge is 0.261 e. The van der Waals surface area contributed by atoms with Crippen molar-refractivity contribution in [2.75, 3.05) is 12.9 Å². The van der Waals surface area contributed by atoms with Gasteiger partial charge >= 0.3 is 0 Å². The highest BCUT2D eigenvalue weighted by atomic mass is 32.2. The predicted octanol–water partition coefficient (Wildman–Crippen LogP) is 1.45. The van der Waals surface area contributed by atoms with Gasteiger partial charge in [0.25, 0.3) is 10.1 Å². The molecule has 0 saturated carbocycles. The standard InChI is InChI=1S/C11H14O.CH4O3S/c1-2-3-10-4-6-11(7-5-10)8-9-12;1-5(2,3)4/h2,4-7,12H,1,3,8-9H2;1H3,(H,2,3,4). The summed E-state index contributed by atoms with van der Waals surface area (Å²) in [5.41, 5.74) is 2.46. The van der Waals surface area contributed by atoms with Gasteiger partial charge in [-0.15, -0.1) is 6.58 Å². The van der Waals surface area contributed by atoms with Crippen LogP contribution in [0, 0.1) is 0 Å². The maximum Gasteiger partial charge on any atom is 0.261 e. The molecule has 0 aromatic heterocycles. The lowest BCUT2D eigenvalue weighted by Gasteiger charge is -1.99. The second-order valence-corrected chi connectivity index (χ2v) is 4.98. The lowest BCUT2D eigenvalue weighted by atomic mass is 10.1. The summed E-state index contributed by atoms with van der Waals surface area (Å²) in [7, 11) is -3.67. The van der Waals surface area contributed by atoms with Crippen molar-refractivity contribution in [2.45, 2.75) is 12.8 Å². The van der Waals surface area contributed by atoms with E-state index in [-0.39, 0.29) is 6.61 Å². The monoisotopic (exact) mass is 258 g/mol. The van der Waals surface area contributed by atoms with Gasteiger partial charge in [0, 0.05) is 6.61 Å². The zero-order valence-electron chi connectivity index (χ0n) is 9.83. The molecule has 0 aliphatic rings. The van der Waals surface area contributed by atoms with Gasteiger partial charge < -0.3 is 5.11 Å². The molecule has 5 heteroatoms. The maximum atomic E-state index is 9.19. The summed E-state index contributed by atoms with van der Waals surface area (Å²) in [4.78, 5) is 0. The molecule has 0 fully saturated rings. The van der Waals surface area contributed by atoms with E-state index in [0.717, 1.165) is 12.8 Å². The average Bonchev–Trinajstić information content (AvgIpc) is 2.19. The number of hydrogen-bond donors (Lipinski definition) is 2. The molecule has 1 aromatic rings. The summed E-state index contributed by atoms with van der Waals surface area (Å²) in [6.45, 7) is 3.90. The molecular formula is C12H18O4S. The third-order valence-corrected chi connectivity index (χ3v) is 1.80. The van der Waals surface area contributed by atoms with E-state index < -0.39 is 10.1 Å². The quantitative estimate of drug-likeness (QED) is 0.633. The minimum absolute atomic E-state index is 0.223. The number of allylic oxidation sites excluding steroid dienone is 1. The van der Waals surface area contributed by atoms with Crippen molar-refractivity contribution < 1.29 is 18.1 Å². The van der Waals surface area contributed by atoms with E-state index in [1.54, 1.807) is 0 Å². The lowest BCUT2D eigenvalue weighted by molar-refractivity contribution is 0.299. The van der Waals surface area contributed by atoms with Crippen LogP contribution in [0.25, 0.3) is 0 Å². The second kappa shape index (κ2) is 8.00. The van der Waals surface area contributed by atoms with Crippen LogP contribution in [0.3, 0.4) is 0 Å². The van der Waals surface area contributed by atoms with Crippen molar-refractivity contribution in [1.29, 1.82) is 0 Å². The molecule has 0 spiro atoms. The Bertz CT molecular complexity index is 412. The van der Waals surface area contributed by atoms with Gasteiger partial charge in [-0.1, -0.05) is 30.3 Å². The molecule has 0 aliphatic heterocycles. The number of aliphatic hydroxyl groups is 1. The largest absolute Gasteiger partial charge is 0.396 e. The predicted molar refractivity (Wildman–Crippen MR) is 68.6 cm³/mol. The number of rotatable bonds is 4. The van der Waals surface area contributed by atoms with Gasteiger partial charge in [0.15, 0.2) is 0 Å². The van der Waals surface area contributed by atoms with E-state index >= 15 is 0 Å². The first-order valence-electron chi connectivity index (χ1n) is 5.09. The first-order valence-corrected chi connectivity index (χ1v) is 6.93. The molecule has 0 bridgehead atoms. The molecule has 96 valence electrons. The molecule has 2 N–H and O–H groups in total. The summed E-state index contributed by atoms with van der Waals surface area (Å²) in [6, 6.07) is 8.25. The van der Waals surface area contributed by atoms with E-state index in [2.05, 4.69) is 30.8 Å². The highest BCUT2D eigenvalue weighted by Crippen LogP contribution is 2.05. The van der Waals surface area contributed by atoms with Crippen LogP contribution in [0.1, 0.15) is 11.1 Å². The van der Waals surface area contributed by atoms with Gasteiger partial charge in [-0.05, 0) is 24.0 Å². The molecule has 0 unspecified atom stereocenters. The van der Waals surface area contributed by atoms with E-state index in [1.807, 2.05) is 6.08 Å². The molecule has 4 nitrogen and oxygen atoms in total. The Balaban J connectivity index is 0.000000437. The fraction of sp³-hybridized carbons (Fsp3) is 0.333. The molecule has 0 radical (unpaired) electrons. The maximum absolute atomic E-state index is 9.19. The van der Waals surface area contributed by atoms with Crippen molar-refractivity contribution >= 4 is 10.1 Å². The first-order chi connectivity index (χ1) is 7.86. The third-order valence-electron chi connectivity index (χ3n) is 1.80. The van der Waals surface area contributed by atoms with Crippen LogP contribution in [0.4, 0.5) is 0 Å². The number of aliphatic hydroxyl groups excluding tert-OH is 1. The molecule has 17 heavy (non-hydrogen) atoms. The Labute approximate surface area is 102 Å². The fourth-order valence-electron chi connectivity index (χ4n) is 1.14. The van der Waals surface area contributed by atoms with Crippen LogP contribution in [-0.4, -0.2) is 30.9 Å². The van der Waals surface area contributed by atoms with Crippen molar-refractivity contribution in [1.82, 2.24) is 0 Å². The molecule has 0 amide bonds. The zero-order chi connectivity index (χ0) is 13.3. The molecule has 0 heterocycles. The molecule has 1 aromatic carbocycles. The second-order valence-electron chi connectivity index (χ2n) is 3.52. The molecule has 0 saturated heterocycles. The summed E-state index contributed by atoms with van der Waals surface area (Å²) >= 11 is 0. The van der Waals surface area contributed by atoms with Crippen LogP contribution in [0.2, 0.25) is 0 Å². The molecule has 0 aliphatic carbocycles. The fourth-order valence-corrected chi connectivity index (χ4v) is 1.14. The van der Waals surface area contributed by atoms with Crippen LogP contribution in [0.5, 0.6) is 0 Å². The van der Waals surface area contributed by atoms with Crippen molar-refractivity contribution in [3.63, 3.8) is 0 Å². The Morgan fingerprint density at radius 2 is 1.65 bits per heavy atom. The molecule has 1 rings (SSSR count). The Kier molecular flexibility index (Phi) is 7.45. The van der Waals surface area contributed by atoms with Gasteiger partial charge in [-0.3, -0.25) is 4.55 Å². The Morgan fingerprint density at radius 3 is 2.00 bits per heavy atom. The van der Waals surface area contributed by atoms with Crippen LogP contribution in [0.15, 0.2) is 36.9 Å². The van der Waals surface area contributed by atoms with Gasteiger partial charge in [-0.2, -0.15) is 8.42 Å². The minimum Gasteiger partial charge on any atom is -0.396 e. The van der Waals surface area contributed by atoms with Crippen molar-refractivity contribution in [2.24, 2.45) is 0 Å². The van der Waals surface area contributed by atoms with E-state index in [0.29, 0.717) is 6.26 Å². The summed E-state index contributed by atoms with van der Waals surface area (Å²) in [6.07, 6.45) is 4.27. The summed E-state index contributed by atoms with van der Waals surface area (Å²) < 4.78 is 25.9. The zero-order valence-corrected chi connectivity index (χ0v) is 10.7. The highest BCUT2D eigenvalue weighted by Gasteiger charge is 1.91. The van der Waals surface area contributed by atoms with Gasteiger partial charge in [0.2, 0.25) is 0 Å². The van der Waals surface area contributed by atoms with Crippen LogP contribution >= 0.6 is 0 Å². The van der Waals surface area contributed by atoms with E-state index in [4.69, 9.17) is 9.66 Å². The Morgan fingerprint density at radius 1 is 1.24 bits per heavy atom. The number of hydrogen-bond acceptors (Lipinski definition) is 3. The minimum atomic E-state index is -3.67. The highest BCUT2D eigenvalue weighted by molar-refractivity contribution is 7.85. The Hall–Kier alpha value is -1.17. The van der Waals surface area contributed by atoms with Crippen molar-refractivity contribution in [3.8, 4) is 0 Å². The topological polar surface area (TPSA) is 74.6 Å². The lowest BCUT2D eigenvalue weighted by Crippen LogP contribution is -1.90.